The van der Waals surface area contributed by atoms with Crippen LogP contribution < -0.4 is 0 Å². The SMILES string of the molecule is C=CCC(C)N1CCC(C(=O)O)CC1. The van der Waals surface area contributed by atoms with E-state index in [9.17, 15) is 4.79 Å². The number of piperidine rings is 1. The van der Waals surface area contributed by atoms with Crippen LogP contribution in [0.2, 0.25) is 0 Å². The number of nitrogens with zero attached hydrogens (tertiary/aromatic N) is 1. The summed E-state index contributed by atoms with van der Waals surface area (Å²) in [5.41, 5.74) is 0. The Morgan fingerprint density at radius 1 is 1.64 bits per heavy atom. The van der Waals surface area contributed by atoms with E-state index in [0.29, 0.717) is 6.04 Å². The van der Waals surface area contributed by atoms with E-state index in [0.717, 1.165) is 32.4 Å². The van der Waals surface area contributed by atoms with Crippen LogP contribution in [0.1, 0.15) is 26.2 Å². The van der Waals surface area contributed by atoms with E-state index in [-0.39, 0.29) is 5.92 Å². The monoisotopic (exact) mass is 197 g/mol. The van der Waals surface area contributed by atoms with Gasteiger partial charge in [0, 0.05) is 6.04 Å². The summed E-state index contributed by atoms with van der Waals surface area (Å²) in [5, 5.41) is 8.83. The van der Waals surface area contributed by atoms with Crippen molar-refractivity contribution in [2.45, 2.75) is 32.2 Å². The zero-order valence-electron chi connectivity index (χ0n) is 8.78. The quantitative estimate of drug-likeness (QED) is 0.698. The van der Waals surface area contributed by atoms with E-state index < -0.39 is 5.97 Å². The first kappa shape index (κ1) is 11.2. The predicted octanol–water partition coefficient (Wildman–Crippen LogP) is 1.75. The first-order valence-corrected chi connectivity index (χ1v) is 5.23. The molecule has 0 radical (unpaired) electrons. The van der Waals surface area contributed by atoms with Crippen molar-refractivity contribution in [1.82, 2.24) is 4.90 Å². The van der Waals surface area contributed by atoms with Gasteiger partial charge in [-0.3, -0.25) is 4.79 Å². The molecular weight excluding hydrogens is 178 g/mol. The van der Waals surface area contributed by atoms with E-state index >= 15 is 0 Å². The Morgan fingerprint density at radius 3 is 2.64 bits per heavy atom. The highest BCUT2D eigenvalue weighted by molar-refractivity contribution is 5.70. The Bertz CT molecular complexity index is 207. The summed E-state index contributed by atoms with van der Waals surface area (Å²) in [7, 11) is 0. The molecule has 80 valence electrons. The highest BCUT2D eigenvalue weighted by Gasteiger charge is 2.26. The molecule has 0 aliphatic carbocycles. The lowest BCUT2D eigenvalue weighted by atomic mass is 9.96. The molecule has 1 atom stereocenters. The van der Waals surface area contributed by atoms with Crippen molar-refractivity contribution in [2.75, 3.05) is 13.1 Å². The maximum absolute atomic E-state index is 10.7. The number of carboxylic acids is 1. The molecule has 1 saturated heterocycles. The normalized spacial score (nSPS) is 21.8. The predicted molar refractivity (Wildman–Crippen MR) is 56.2 cm³/mol. The summed E-state index contributed by atoms with van der Waals surface area (Å²) < 4.78 is 0. The van der Waals surface area contributed by atoms with Crippen molar-refractivity contribution in [2.24, 2.45) is 5.92 Å². The summed E-state index contributed by atoms with van der Waals surface area (Å²) in [6, 6.07) is 0.502. The number of aliphatic carboxylic acids is 1. The third-order valence-corrected chi connectivity index (χ3v) is 3.01. The molecule has 1 N–H and O–H groups in total. The summed E-state index contributed by atoms with van der Waals surface area (Å²) in [5.74, 6) is -0.761. The summed E-state index contributed by atoms with van der Waals surface area (Å²) in [6.07, 6.45) is 4.49. The molecule has 0 amide bonds. The number of likely N-dealkylation sites (tertiary alicyclic amines) is 1. The lowest BCUT2D eigenvalue weighted by molar-refractivity contribution is -0.143. The molecule has 0 spiro atoms. The number of rotatable bonds is 4. The van der Waals surface area contributed by atoms with E-state index in [1.54, 1.807) is 0 Å². The van der Waals surface area contributed by atoms with Crippen molar-refractivity contribution >= 4 is 5.97 Å². The molecule has 1 unspecified atom stereocenters. The van der Waals surface area contributed by atoms with Gasteiger partial charge in [0.15, 0.2) is 0 Å². The second-order valence-electron chi connectivity index (χ2n) is 4.02. The van der Waals surface area contributed by atoms with Gasteiger partial charge in [0.05, 0.1) is 5.92 Å². The fourth-order valence-electron chi connectivity index (χ4n) is 1.98. The minimum atomic E-state index is -0.638. The average molecular weight is 197 g/mol. The topological polar surface area (TPSA) is 40.5 Å². The molecular formula is C11H19NO2. The van der Waals surface area contributed by atoms with Gasteiger partial charge in [-0.25, -0.2) is 0 Å². The fraction of sp³-hybridized carbons (Fsp3) is 0.727. The summed E-state index contributed by atoms with van der Waals surface area (Å²) >= 11 is 0. The zero-order chi connectivity index (χ0) is 10.6. The molecule has 0 saturated carbocycles. The molecule has 1 fully saturated rings. The Hall–Kier alpha value is -0.830. The molecule has 0 bridgehead atoms. The van der Waals surface area contributed by atoms with Gasteiger partial charge in [0.2, 0.25) is 0 Å². The van der Waals surface area contributed by atoms with E-state index in [1.165, 1.54) is 0 Å². The Kier molecular flexibility index (Phi) is 4.14. The second-order valence-corrected chi connectivity index (χ2v) is 4.02. The molecule has 0 aromatic carbocycles. The minimum Gasteiger partial charge on any atom is -0.481 e. The standard InChI is InChI=1S/C11H19NO2/c1-3-4-9(2)12-7-5-10(6-8-12)11(13)14/h3,9-10H,1,4-8H2,2H3,(H,13,14). The van der Waals surface area contributed by atoms with E-state index in [1.807, 2.05) is 6.08 Å². The zero-order valence-corrected chi connectivity index (χ0v) is 8.78. The molecule has 3 nitrogen and oxygen atoms in total. The van der Waals surface area contributed by atoms with Crippen LogP contribution in [0.4, 0.5) is 0 Å². The van der Waals surface area contributed by atoms with Crippen molar-refractivity contribution in [3.63, 3.8) is 0 Å². The van der Waals surface area contributed by atoms with Gasteiger partial charge >= 0.3 is 5.97 Å². The largest absolute Gasteiger partial charge is 0.481 e. The number of carboxylic acid groups (broad SMARTS) is 1. The maximum atomic E-state index is 10.7. The minimum absolute atomic E-state index is 0.123. The van der Waals surface area contributed by atoms with Crippen molar-refractivity contribution in [1.29, 1.82) is 0 Å². The van der Waals surface area contributed by atoms with Crippen LogP contribution >= 0.6 is 0 Å². The Morgan fingerprint density at radius 2 is 2.21 bits per heavy atom. The maximum Gasteiger partial charge on any atom is 0.306 e. The molecule has 1 aliphatic rings. The number of carbonyl (C=O) groups is 1. The van der Waals surface area contributed by atoms with Gasteiger partial charge in [-0.05, 0) is 39.3 Å². The van der Waals surface area contributed by atoms with Gasteiger partial charge in [-0.2, -0.15) is 0 Å². The van der Waals surface area contributed by atoms with Crippen LogP contribution in [0.15, 0.2) is 12.7 Å². The molecule has 0 aromatic rings. The van der Waals surface area contributed by atoms with E-state index in [2.05, 4.69) is 18.4 Å². The fourth-order valence-corrected chi connectivity index (χ4v) is 1.98. The smallest absolute Gasteiger partial charge is 0.306 e. The molecule has 3 heteroatoms. The summed E-state index contributed by atoms with van der Waals surface area (Å²) in [4.78, 5) is 13.1. The number of hydrogen-bond donors (Lipinski definition) is 1. The van der Waals surface area contributed by atoms with Gasteiger partial charge in [-0.15, -0.1) is 6.58 Å². The lowest BCUT2D eigenvalue weighted by Gasteiger charge is -2.34. The lowest BCUT2D eigenvalue weighted by Crippen LogP contribution is -2.41. The number of hydrogen-bond acceptors (Lipinski definition) is 2. The van der Waals surface area contributed by atoms with Gasteiger partial charge in [0.1, 0.15) is 0 Å². The van der Waals surface area contributed by atoms with Crippen LogP contribution in [0, 0.1) is 5.92 Å². The van der Waals surface area contributed by atoms with Crippen LogP contribution in [0.3, 0.4) is 0 Å². The molecule has 0 aromatic heterocycles. The van der Waals surface area contributed by atoms with Crippen molar-refractivity contribution in [3.05, 3.63) is 12.7 Å². The third kappa shape index (κ3) is 2.84. The van der Waals surface area contributed by atoms with Crippen LogP contribution in [0.5, 0.6) is 0 Å². The van der Waals surface area contributed by atoms with Crippen LogP contribution in [0.25, 0.3) is 0 Å². The van der Waals surface area contributed by atoms with Crippen LogP contribution in [-0.4, -0.2) is 35.1 Å². The second kappa shape index (κ2) is 5.15. The highest BCUT2D eigenvalue weighted by Crippen LogP contribution is 2.19. The Labute approximate surface area is 85.4 Å². The highest BCUT2D eigenvalue weighted by atomic mass is 16.4. The van der Waals surface area contributed by atoms with Gasteiger partial charge in [-0.1, -0.05) is 6.08 Å². The van der Waals surface area contributed by atoms with E-state index in [4.69, 9.17) is 5.11 Å². The Balaban J connectivity index is 2.34. The van der Waals surface area contributed by atoms with Crippen LogP contribution in [-0.2, 0) is 4.79 Å². The summed E-state index contributed by atoms with van der Waals surface area (Å²) in [6.45, 7) is 7.70. The van der Waals surface area contributed by atoms with Gasteiger partial charge < -0.3 is 10.0 Å². The first-order valence-electron chi connectivity index (χ1n) is 5.23. The molecule has 14 heavy (non-hydrogen) atoms. The first-order chi connectivity index (χ1) is 6.65. The molecule has 1 heterocycles. The third-order valence-electron chi connectivity index (χ3n) is 3.01. The van der Waals surface area contributed by atoms with Crippen molar-refractivity contribution in [3.8, 4) is 0 Å². The average Bonchev–Trinajstić information content (AvgIpc) is 2.18. The molecule has 1 rings (SSSR count). The molecule has 1 aliphatic heterocycles. The van der Waals surface area contributed by atoms with Crippen molar-refractivity contribution < 1.29 is 9.90 Å². The van der Waals surface area contributed by atoms with Gasteiger partial charge in [0.25, 0.3) is 0 Å².